The lowest BCUT2D eigenvalue weighted by molar-refractivity contribution is 0.0692. The van der Waals surface area contributed by atoms with Crippen molar-refractivity contribution in [3.63, 3.8) is 0 Å². The number of hydrogen-bond donors (Lipinski definition) is 2. The van der Waals surface area contributed by atoms with Gasteiger partial charge < -0.3 is 29.3 Å². The Balaban J connectivity index is 2.11. The number of hydrogen-bond acceptors (Lipinski definition) is 8. The summed E-state index contributed by atoms with van der Waals surface area (Å²) in [4.78, 5) is 22.7. The standard InChI is InChI=1S/C19H23N3O6/c1-26-15-12(10-13(19(24)25)16(27-2)17(15)28-3)18-20-7-4-14(21-18)22-8-5-11(23)6-9-22/h4,7,10-11,23H,5-6,8-9H2,1-3H3,(H,24,25). The molecule has 1 aromatic carbocycles. The summed E-state index contributed by atoms with van der Waals surface area (Å²) in [6, 6.07) is 3.20. The van der Waals surface area contributed by atoms with Gasteiger partial charge in [-0.15, -0.1) is 0 Å². The molecule has 0 amide bonds. The van der Waals surface area contributed by atoms with Crippen LogP contribution in [0, 0.1) is 0 Å². The number of piperidine rings is 1. The van der Waals surface area contributed by atoms with Crippen molar-refractivity contribution in [2.24, 2.45) is 0 Å². The molecule has 1 aliphatic rings. The molecule has 0 spiro atoms. The van der Waals surface area contributed by atoms with Crippen molar-refractivity contribution in [1.82, 2.24) is 9.97 Å². The number of rotatable bonds is 6. The molecule has 0 radical (unpaired) electrons. The van der Waals surface area contributed by atoms with E-state index in [0.717, 1.165) is 0 Å². The third-order valence-corrected chi connectivity index (χ3v) is 4.70. The number of carboxylic acids is 1. The number of benzene rings is 1. The van der Waals surface area contributed by atoms with Gasteiger partial charge in [-0.25, -0.2) is 14.8 Å². The molecule has 9 heteroatoms. The van der Waals surface area contributed by atoms with Crippen LogP contribution in [0.15, 0.2) is 18.3 Å². The number of aromatic carboxylic acids is 1. The fourth-order valence-corrected chi connectivity index (χ4v) is 3.29. The highest BCUT2D eigenvalue weighted by molar-refractivity contribution is 5.95. The van der Waals surface area contributed by atoms with Gasteiger partial charge in [0.2, 0.25) is 5.75 Å². The highest BCUT2D eigenvalue weighted by Crippen LogP contribution is 2.46. The first-order chi connectivity index (χ1) is 13.5. The fourth-order valence-electron chi connectivity index (χ4n) is 3.29. The topological polar surface area (TPSA) is 114 Å². The zero-order valence-corrected chi connectivity index (χ0v) is 16.0. The van der Waals surface area contributed by atoms with E-state index < -0.39 is 5.97 Å². The Labute approximate surface area is 162 Å². The number of aliphatic hydroxyl groups excluding tert-OH is 1. The van der Waals surface area contributed by atoms with Gasteiger partial charge in [0.1, 0.15) is 11.4 Å². The lowest BCUT2D eigenvalue weighted by atomic mass is 10.1. The molecule has 1 aliphatic heterocycles. The molecule has 150 valence electrons. The van der Waals surface area contributed by atoms with Gasteiger partial charge in [-0.3, -0.25) is 0 Å². The third-order valence-electron chi connectivity index (χ3n) is 4.70. The summed E-state index contributed by atoms with van der Waals surface area (Å²) in [5, 5.41) is 19.3. The summed E-state index contributed by atoms with van der Waals surface area (Å²) in [5.41, 5.74) is 0.307. The summed E-state index contributed by atoms with van der Waals surface area (Å²) in [6.07, 6.45) is 2.66. The highest BCUT2D eigenvalue weighted by atomic mass is 16.5. The maximum atomic E-state index is 11.7. The second-order valence-electron chi connectivity index (χ2n) is 6.33. The van der Waals surface area contributed by atoms with Crippen molar-refractivity contribution in [1.29, 1.82) is 0 Å². The number of anilines is 1. The molecule has 1 saturated heterocycles. The van der Waals surface area contributed by atoms with E-state index >= 15 is 0 Å². The first kappa shape index (κ1) is 19.7. The van der Waals surface area contributed by atoms with Gasteiger partial charge in [0, 0.05) is 19.3 Å². The van der Waals surface area contributed by atoms with E-state index in [1.165, 1.54) is 27.4 Å². The number of aromatic nitrogens is 2. The number of methoxy groups -OCH3 is 3. The Hall–Kier alpha value is -3.07. The number of carboxylic acid groups (broad SMARTS) is 1. The monoisotopic (exact) mass is 389 g/mol. The first-order valence-electron chi connectivity index (χ1n) is 8.82. The minimum Gasteiger partial charge on any atom is -0.492 e. The third kappa shape index (κ3) is 3.65. The van der Waals surface area contributed by atoms with E-state index in [0.29, 0.717) is 43.1 Å². The average Bonchev–Trinajstić information content (AvgIpc) is 2.72. The molecule has 1 aromatic heterocycles. The predicted molar refractivity (Wildman–Crippen MR) is 102 cm³/mol. The second kappa shape index (κ2) is 8.30. The minimum absolute atomic E-state index is 0.0665. The number of ether oxygens (including phenoxy) is 3. The molecule has 2 N–H and O–H groups in total. The normalized spacial score (nSPS) is 14.6. The Bertz CT molecular complexity index is 865. The lowest BCUT2D eigenvalue weighted by Gasteiger charge is -2.30. The maximum absolute atomic E-state index is 11.7. The Morgan fingerprint density at radius 1 is 1.11 bits per heavy atom. The SMILES string of the molecule is COc1c(C(=O)O)cc(-c2nccc(N3CCC(O)CC3)n2)c(OC)c1OC. The van der Waals surface area contributed by atoms with Crippen LogP contribution in [0.4, 0.5) is 5.82 Å². The molecular weight excluding hydrogens is 366 g/mol. The van der Waals surface area contributed by atoms with Crippen LogP contribution in [-0.4, -0.2) is 66.7 Å². The number of nitrogens with zero attached hydrogens (tertiary/aromatic N) is 3. The Kier molecular flexibility index (Phi) is 5.84. The average molecular weight is 389 g/mol. The van der Waals surface area contributed by atoms with Crippen molar-refractivity contribution in [2.45, 2.75) is 18.9 Å². The second-order valence-corrected chi connectivity index (χ2v) is 6.33. The number of carbonyl (C=O) groups is 1. The van der Waals surface area contributed by atoms with Crippen LogP contribution in [0.25, 0.3) is 11.4 Å². The molecule has 0 unspecified atom stereocenters. The van der Waals surface area contributed by atoms with Crippen molar-refractivity contribution >= 4 is 11.8 Å². The van der Waals surface area contributed by atoms with Gasteiger partial charge in [0.15, 0.2) is 17.3 Å². The van der Waals surface area contributed by atoms with Crippen LogP contribution in [0.5, 0.6) is 17.2 Å². The summed E-state index contributed by atoms with van der Waals surface area (Å²) in [6.45, 7) is 1.36. The molecule has 9 nitrogen and oxygen atoms in total. The molecule has 28 heavy (non-hydrogen) atoms. The van der Waals surface area contributed by atoms with Crippen LogP contribution >= 0.6 is 0 Å². The minimum atomic E-state index is -1.17. The van der Waals surface area contributed by atoms with Crippen LogP contribution in [0.3, 0.4) is 0 Å². The van der Waals surface area contributed by atoms with Gasteiger partial charge in [-0.2, -0.15) is 0 Å². The van der Waals surface area contributed by atoms with Crippen LogP contribution in [0.1, 0.15) is 23.2 Å². The van der Waals surface area contributed by atoms with E-state index in [-0.39, 0.29) is 28.9 Å². The zero-order chi connectivity index (χ0) is 20.3. The molecule has 2 aromatic rings. The van der Waals surface area contributed by atoms with Crippen molar-refractivity contribution < 1.29 is 29.2 Å². The van der Waals surface area contributed by atoms with Gasteiger partial charge >= 0.3 is 5.97 Å². The molecule has 1 fully saturated rings. The molecule has 2 heterocycles. The van der Waals surface area contributed by atoms with Crippen molar-refractivity contribution in [3.05, 3.63) is 23.9 Å². The molecule has 0 saturated carbocycles. The van der Waals surface area contributed by atoms with Crippen molar-refractivity contribution in [2.75, 3.05) is 39.3 Å². The van der Waals surface area contributed by atoms with E-state index in [4.69, 9.17) is 14.2 Å². The molecule has 0 bridgehead atoms. The van der Waals surface area contributed by atoms with Crippen LogP contribution < -0.4 is 19.1 Å². The van der Waals surface area contributed by atoms with E-state index in [2.05, 4.69) is 14.9 Å². The smallest absolute Gasteiger partial charge is 0.339 e. The zero-order valence-electron chi connectivity index (χ0n) is 16.0. The van der Waals surface area contributed by atoms with Gasteiger partial charge in [-0.1, -0.05) is 0 Å². The quantitative estimate of drug-likeness (QED) is 0.763. The van der Waals surface area contributed by atoms with E-state index in [9.17, 15) is 15.0 Å². The lowest BCUT2D eigenvalue weighted by Crippen LogP contribution is -2.36. The molecule has 0 aliphatic carbocycles. The summed E-state index contributed by atoms with van der Waals surface area (Å²) < 4.78 is 16.1. The van der Waals surface area contributed by atoms with E-state index in [1.54, 1.807) is 12.3 Å². The fraction of sp³-hybridized carbons (Fsp3) is 0.421. The van der Waals surface area contributed by atoms with Crippen LogP contribution in [0.2, 0.25) is 0 Å². The van der Waals surface area contributed by atoms with Gasteiger partial charge in [0.05, 0.1) is 33.0 Å². The largest absolute Gasteiger partial charge is 0.492 e. The first-order valence-corrected chi connectivity index (χ1v) is 8.82. The van der Waals surface area contributed by atoms with E-state index in [1.807, 2.05) is 0 Å². The number of aliphatic hydroxyl groups is 1. The maximum Gasteiger partial charge on any atom is 0.339 e. The van der Waals surface area contributed by atoms with Crippen molar-refractivity contribution in [3.8, 4) is 28.6 Å². The van der Waals surface area contributed by atoms with Gasteiger partial charge in [-0.05, 0) is 25.0 Å². The molecular formula is C19H23N3O6. The molecule has 3 rings (SSSR count). The Morgan fingerprint density at radius 3 is 2.32 bits per heavy atom. The van der Waals surface area contributed by atoms with Crippen LogP contribution in [-0.2, 0) is 0 Å². The predicted octanol–water partition coefficient (Wildman–Crippen LogP) is 1.83. The molecule has 0 atom stereocenters. The van der Waals surface area contributed by atoms with Gasteiger partial charge in [0.25, 0.3) is 0 Å². The Morgan fingerprint density at radius 2 is 1.75 bits per heavy atom. The highest BCUT2D eigenvalue weighted by Gasteiger charge is 2.27. The summed E-state index contributed by atoms with van der Waals surface area (Å²) in [7, 11) is 4.23. The summed E-state index contributed by atoms with van der Waals surface area (Å²) >= 11 is 0. The summed E-state index contributed by atoms with van der Waals surface area (Å²) in [5.74, 6) is 0.358.